The molecular weight excluding hydrogens is 396 g/mol. The Hall–Kier alpha value is -0.810. The lowest BCUT2D eigenvalue weighted by Crippen LogP contribution is -2.49. The van der Waals surface area contributed by atoms with E-state index in [2.05, 4.69) is 10.2 Å². The molecule has 0 saturated carbocycles. The van der Waals surface area contributed by atoms with Crippen LogP contribution in [0.3, 0.4) is 0 Å². The van der Waals surface area contributed by atoms with Gasteiger partial charge in [0.05, 0.1) is 4.90 Å². The first kappa shape index (κ1) is 20.5. The van der Waals surface area contributed by atoms with Crippen LogP contribution in [-0.4, -0.2) is 75.2 Å². The number of nitrogens with one attached hydrogen (secondary N) is 1. The molecule has 2 aliphatic rings. The zero-order valence-corrected chi connectivity index (χ0v) is 15.8. The monoisotopic (exact) mass is 415 g/mol. The van der Waals surface area contributed by atoms with E-state index in [0.717, 1.165) is 50.0 Å². The van der Waals surface area contributed by atoms with E-state index in [1.807, 2.05) is 0 Å². The maximum Gasteiger partial charge on any atom is 0.341 e. The van der Waals surface area contributed by atoms with Gasteiger partial charge in [0.2, 0.25) is 9.84 Å². The van der Waals surface area contributed by atoms with Crippen molar-refractivity contribution in [2.45, 2.75) is 23.1 Å². The first-order valence-corrected chi connectivity index (χ1v) is 10.2. The van der Waals surface area contributed by atoms with Crippen molar-refractivity contribution >= 4 is 39.5 Å². The Balaban J connectivity index is 0.00000225. The van der Waals surface area contributed by atoms with Gasteiger partial charge in [-0.25, -0.2) is 8.42 Å². The molecule has 2 aliphatic heterocycles. The molecule has 0 spiro atoms. The van der Waals surface area contributed by atoms with Crippen LogP contribution in [0.5, 0.6) is 0 Å². The summed E-state index contributed by atoms with van der Waals surface area (Å²) in [5, 5.41) is 4.64. The number of thiophene rings is 1. The molecule has 0 aromatic carbocycles. The lowest BCUT2D eigenvalue weighted by Gasteiger charge is -2.32. The van der Waals surface area contributed by atoms with Gasteiger partial charge in [0.25, 0.3) is 5.91 Å². The van der Waals surface area contributed by atoms with Crippen molar-refractivity contribution in [1.82, 2.24) is 15.1 Å². The van der Waals surface area contributed by atoms with Crippen molar-refractivity contribution < 1.29 is 22.0 Å². The van der Waals surface area contributed by atoms with Crippen LogP contribution in [-0.2, 0) is 9.84 Å². The fourth-order valence-corrected chi connectivity index (χ4v) is 5.32. The fraction of sp³-hybridized carbons (Fsp3) is 0.643. The highest BCUT2D eigenvalue weighted by atomic mass is 35.5. The lowest BCUT2D eigenvalue weighted by molar-refractivity contribution is 0.0774. The number of likely N-dealkylation sites (tertiary alicyclic amines) is 1. The van der Waals surface area contributed by atoms with Gasteiger partial charge >= 0.3 is 5.76 Å². The van der Waals surface area contributed by atoms with E-state index < -0.39 is 26.4 Å². The van der Waals surface area contributed by atoms with Crippen LogP contribution in [0.1, 0.15) is 16.1 Å². The summed E-state index contributed by atoms with van der Waals surface area (Å²) in [5.74, 6) is -3.99. The highest BCUT2D eigenvalue weighted by Gasteiger charge is 2.36. The Kier molecular flexibility index (Phi) is 6.77. The molecule has 142 valence electrons. The number of carbonyl (C=O) groups is 1. The second-order valence-corrected chi connectivity index (χ2v) is 8.70. The number of piperazine rings is 1. The average molecular weight is 416 g/mol. The van der Waals surface area contributed by atoms with Gasteiger partial charge in [-0.3, -0.25) is 9.69 Å². The molecule has 6 nitrogen and oxygen atoms in total. The second-order valence-electron chi connectivity index (χ2n) is 5.90. The second kappa shape index (κ2) is 8.26. The van der Waals surface area contributed by atoms with Gasteiger partial charge in [-0.1, -0.05) is 0 Å². The molecule has 1 aromatic rings. The molecule has 1 amide bonds. The summed E-state index contributed by atoms with van der Waals surface area (Å²) in [5.41, 5.74) is 0. The Bertz CT molecular complexity index is 708. The van der Waals surface area contributed by atoms with Crippen molar-refractivity contribution in [3.8, 4) is 0 Å². The third-order valence-corrected chi connectivity index (χ3v) is 6.94. The molecule has 1 N–H and O–H groups in total. The van der Waals surface area contributed by atoms with Crippen molar-refractivity contribution in [1.29, 1.82) is 0 Å². The molecule has 0 bridgehead atoms. The third-order valence-electron chi connectivity index (χ3n) is 4.48. The van der Waals surface area contributed by atoms with Gasteiger partial charge in [-0.2, -0.15) is 8.78 Å². The van der Waals surface area contributed by atoms with Crippen LogP contribution in [0, 0.1) is 0 Å². The molecule has 2 fully saturated rings. The molecule has 0 radical (unpaired) electrons. The minimum atomic E-state index is -4.76. The maximum absolute atomic E-state index is 12.8. The quantitative estimate of drug-likeness (QED) is 0.802. The van der Waals surface area contributed by atoms with Crippen LogP contribution in [0.4, 0.5) is 8.78 Å². The predicted octanol–water partition coefficient (Wildman–Crippen LogP) is 1.29. The van der Waals surface area contributed by atoms with Crippen LogP contribution in [0.2, 0.25) is 0 Å². The minimum absolute atomic E-state index is 0. The third kappa shape index (κ3) is 4.13. The number of alkyl halides is 2. The van der Waals surface area contributed by atoms with Gasteiger partial charge in [-0.15, -0.1) is 23.7 Å². The van der Waals surface area contributed by atoms with E-state index in [-0.39, 0.29) is 23.3 Å². The zero-order valence-electron chi connectivity index (χ0n) is 13.4. The van der Waals surface area contributed by atoms with Crippen molar-refractivity contribution in [3.63, 3.8) is 0 Å². The summed E-state index contributed by atoms with van der Waals surface area (Å²) in [4.78, 5) is 15.8. The van der Waals surface area contributed by atoms with Gasteiger partial charge in [0, 0.05) is 45.3 Å². The molecule has 1 atom stereocenters. The Morgan fingerprint density at radius 2 is 1.96 bits per heavy atom. The number of halogens is 3. The van der Waals surface area contributed by atoms with E-state index in [0.29, 0.717) is 13.1 Å². The number of amides is 1. The molecule has 2 saturated heterocycles. The Labute approximate surface area is 155 Å². The summed E-state index contributed by atoms with van der Waals surface area (Å²) < 4.78 is 49.0. The van der Waals surface area contributed by atoms with Crippen LogP contribution in [0.25, 0.3) is 0 Å². The number of hydrogen-bond acceptors (Lipinski definition) is 6. The number of rotatable bonds is 4. The van der Waals surface area contributed by atoms with E-state index in [1.165, 1.54) is 5.38 Å². The summed E-state index contributed by atoms with van der Waals surface area (Å²) >= 11 is 0.898. The average Bonchev–Trinajstić information content (AvgIpc) is 3.24. The molecule has 11 heteroatoms. The lowest BCUT2D eigenvalue weighted by atomic mass is 10.2. The highest BCUT2D eigenvalue weighted by Crippen LogP contribution is 2.29. The van der Waals surface area contributed by atoms with Gasteiger partial charge < -0.3 is 10.2 Å². The maximum atomic E-state index is 12.8. The summed E-state index contributed by atoms with van der Waals surface area (Å²) in [6, 6.07) is 1.33. The molecular formula is C14H20ClF2N3O3S2. The molecule has 3 heterocycles. The van der Waals surface area contributed by atoms with Crippen molar-refractivity contribution in [3.05, 3.63) is 16.3 Å². The normalized spacial score (nSPS) is 22.2. The molecule has 0 aliphatic carbocycles. The van der Waals surface area contributed by atoms with Gasteiger partial charge in [0.1, 0.15) is 4.88 Å². The first-order valence-electron chi connectivity index (χ1n) is 7.75. The first-order chi connectivity index (χ1) is 11.4. The zero-order chi connectivity index (χ0) is 17.3. The number of hydrogen-bond donors (Lipinski definition) is 1. The van der Waals surface area contributed by atoms with Crippen LogP contribution >= 0.6 is 23.7 Å². The van der Waals surface area contributed by atoms with Gasteiger partial charge in [-0.05, 0) is 17.9 Å². The van der Waals surface area contributed by atoms with Crippen LogP contribution < -0.4 is 5.32 Å². The fourth-order valence-electron chi connectivity index (χ4n) is 3.19. The smallest absolute Gasteiger partial charge is 0.336 e. The van der Waals surface area contributed by atoms with Gasteiger partial charge in [0.15, 0.2) is 0 Å². The standard InChI is InChI=1S/C14H19F2N3O3S2.ClH/c15-14(16)24(21,22)11-2-8-23-12(11)13(20)19-5-1-10(9-19)18-6-3-17-4-7-18;/h2,8,10,14,17H,1,3-7,9H2;1H. The Morgan fingerprint density at radius 3 is 2.60 bits per heavy atom. The molecule has 1 unspecified atom stereocenters. The number of nitrogens with zero attached hydrogens (tertiary/aromatic N) is 2. The number of carbonyl (C=O) groups excluding carboxylic acids is 1. The number of sulfone groups is 1. The minimum Gasteiger partial charge on any atom is -0.336 e. The Morgan fingerprint density at radius 1 is 1.28 bits per heavy atom. The van der Waals surface area contributed by atoms with E-state index in [9.17, 15) is 22.0 Å². The van der Waals surface area contributed by atoms with E-state index >= 15 is 0 Å². The summed E-state index contributed by atoms with van der Waals surface area (Å²) in [7, 11) is -4.76. The molecule has 1 aromatic heterocycles. The van der Waals surface area contributed by atoms with Crippen LogP contribution in [0.15, 0.2) is 16.3 Å². The van der Waals surface area contributed by atoms with Crippen molar-refractivity contribution in [2.24, 2.45) is 0 Å². The highest BCUT2D eigenvalue weighted by molar-refractivity contribution is 7.92. The molecule has 3 rings (SSSR count). The van der Waals surface area contributed by atoms with E-state index in [1.54, 1.807) is 4.90 Å². The van der Waals surface area contributed by atoms with Crippen molar-refractivity contribution in [2.75, 3.05) is 39.3 Å². The van der Waals surface area contributed by atoms with E-state index in [4.69, 9.17) is 0 Å². The summed E-state index contributed by atoms with van der Waals surface area (Å²) in [6.45, 7) is 4.66. The topological polar surface area (TPSA) is 69.7 Å². The predicted molar refractivity (Wildman–Crippen MR) is 93.5 cm³/mol. The summed E-state index contributed by atoms with van der Waals surface area (Å²) in [6.07, 6.45) is 0.814. The molecule has 25 heavy (non-hydrogen) atoms. The largest absolute Gasteiger partial charge is 0.341 e. The SMILES string of the molecule is Cl.O=C(c1sccc1S(=O)(=O)C(F)F)N1CCC(N2CCNCC2)C1.